The maximum Gasteiger partial charge on any atom is 0.270 e. The number of ether oxygens (including phenoxy) is 1. The zero-order chi connectivity index (χ0) is 22.1. The van der Waals surface area contributed by atoms with Crippen LogP contribution in [0.3, 0.4) is 0 Å². The van der Waals surface area contributed by atoms with Crippen molar-refractivity contribution >= 4 is 28.9 Å². The summed E-state index contributed by atoms with van der Waals surface area (Å²) < 4.78 is 10.7. The molecule has 10 heteroatoms. The lowest BCUT2D eigenvalue weighted by molar-refractivity contribution is -0.384. The molecular formula is C21H18N4O6. The van der Waals surface area contributed by atoms with Crippen LogP contribution in [-0.4, -0.2) is 28.5 Å². The van der Waals surface area contributed by atoms with Crippen LogP contribution in [0.1, 0.15) is 27.4 Å². The van der Waals surface area contributed by atoms with Gasteiger partial charge in [-0.05, 0) is 38.1 Å². The fraction of sp³-hybridized carbons (Fsp3) is 0.190. The van der Waals surface area contributed by atoms with E-state index in [9.17, 15) is 19.7 Å². The first kappa shape index (κ1) is 20.1. The van der Waals surface area contributed by atoms with Gasteiger partial charge < -0.3 is 19.5 Å². The molecule has 0 fully saturated rings. The molecule has 2 amide bonds. The van der Waals surface area contributed by atoms with Gasteiger partial charge >= 0.3 is 0 Å². The van der Waals surface area contributed by atoms with Gasteiger partial charge in [-0.1, -0.05) is 11.2 Å². The number of fused-ring (bicyclic) bond motifs is 1. The van der Waals surface area contributed by atoms with E-state index in [0.717, 1.165) is 5.56 Å². The highest BCUT2D eigenvalue weighted by Crippen LogP contribution is 2.36. The number of nitrogens with one attached hydrogen (secondary N) is 1. The third kappa shape index (κ3) is 3.95. The minimum absolute atomic E-state index is 0.101. The molecule has 10 nitrogen and oxygen atoms in total. The summed E-state index contributed by atoms with van der Waals surface area (Å²) in [6, 6.07) is 10.4. The summed E-state index contributed by atoms with van der Waals surface area (Å²) in [5, 5.41) is 17.6. The molecule has 0 bridgehead atoms. The molecule has 158 valence electrons. The van der Waals surface area contributed by atoms with E-state index in [2.05, 4.69) is 10.5 Å². The lowest BCUT2D eigenvalue weighted by atomic mass is 10.1. The third-order valence-corrected chi connectivity index (χ3v) is 4.98. The predicted molar refractivity (Wildman–Crippen MR) is 110 cm³/mol. The smallest absolute Gasteiger partial charge is 0.270 e. The van der Waals surface area contributed by atoms with Crippen molar-refractivity contribution in [2.75, 3.05) is 16.8 Å². The van der Waals surface area contributed by atoms with Gasteiger partial charge in [0.15, 0.2) is 6.61 Å². The maximum absolute atomic E-state index is 12.6. The lowest BCUT2D eigenvalue weighted by Crippen LogP contribution is -2.38. The first-order valence-electron chi connectivity index (χ1n) is 9.38. The number of benzene rings is 2. The van der Waals surface area contributed by atoms with Crippen LogP contribution in [0, 0.1) is 24.0 Å². The highest BCUT2D eigenvalue weighted by atomic mass is 16.6. The van der Waals surface area contributed by atoms with Crippen LogP contribution in [0.2, 0.25) is 0 Å². The van der Waals surface area contributed by atoms with Gasteiger partial charge in [0.2, 0.25) is 0 Å². The average Bonchev–Trinajstić information content (AvgIpc) is 3.07. The standard InChI is InChI=1S/C21H18N4O6/c1-12-17(13(2)31-23-12)10-24-18-9-15(6-7-19(18)30-11-20(24)26)22-21(27)14-4-3-5-16(8-14)25(28)29/h3-9H,10-11H2,1-2H3,(H,22,27). The maximum atomic E-state index is 12.6. The number of aromatic nitrogens is 1. The summed E-state index contributed by atoms with van der Waals surface area (Å²) in [6.07, 6.45) is 0. The molecule has 0 aliphatic carbocycles. The Morgan fingerprint density at radius 1 is 1.26 bits per heavy atom. The zero-order valence-corrected chi connectivity index (χ0v) is 16.7. The quantitative estimate of drug-likeness (QED) is 0.493. The number of amides is 2. The van der Waals surface area contributed by atoms with Crippen LogP contribution in [0.15, 0.2) is 47.0 Å². The van der Waals surface area contributed by atoms with Crippen molar-refractivity contribution in [1.29, 1.82) is 0 Å². The van der Waals surface area contributed by atoms with Gasteiger partial charge in [0.1, 0.15) is 11.5 Å². The number of nitrogens with zero attached hydrogens (tertiary/aromatic N) is 3. The fourth-order valence-corrected chi connectivity index (χ4v) is 3.30. The van der Waals surface area contributed by atoms with Crippen LogP contribution in [0.25, 0.3) is 0 Å². The van der Waals surface area contributed by atoms with E-state index in [1.807, 2.05) is 0 Å². The topological polar surface area (TPSA) is 128 Å². The third-order valence-electron chi connectivity index (χ3n) is 4.98. The Balaban J connectivity index is 1.61. The minimum Gasteiger partial charge on any atom is -0.482 e. The number of hydrogen-bond donors (Lipinski definition) is 1. The second-order valence-electron chi connectivity index (χ2n) is 7.02. The Morgan fingerprint density at radius 3 is 2.77 bits per heavy atom. The first-order valence-corrected chi connectivity index (χ1v) is 9.38. The Kier molecular flexibility index (Phi) is 5.12. The van der Waals surface area contributed by atoms with Gasteiger partial charge in [-0.3, -0.25) is 19.7 Å². The number of hydrogen-bond acceptors (Lipinski definition) is 7. The molecule has 1 aromatic heterocycles. The molecule has 0 atom stereocenters. The van der Waals surface area contributed by atoms with Crippen molar-refractivity contribution in [1.82, 2.24) is 5.16 Å². The predicted octanol–water partition coefficient (Wildman–Crippen LogP) is 3.38. The average molecular weight is 422 g/mol. The van der Waals surface area contributed by atoms with E-state index in [0.29, 0.717) is 28.6 Å². The normalized spacial score (nSPS) is 12.8. The van der Waals surface area contributed by atoms with Gasteiger partial charge in [0.25, 0.3) is 17.5 Å². The molecule has 4 rings (SSSR count). The largest absolute Gasteiger partial charge is 0.482 e. The Labute approximate surface area is 176 Å². The summed E-state index contributed by atoms with van der Waals surface area (Å²) in [7, 11) is 0. The monoisotopic (exact) mass is 422 g/mol. The van der Waals surface area contributed by atoms with Gasteiger partial charge in [0.05, 0.1) is 22.8 Å². The molecule has 0 saturated carbocycles. The molecular weight excluding hydrogens is 404 g/mol. The number of aryl methyl sites for hydroxylation is 2. The summed E-state index contributed by atoms with van der Waals surface area (Å²) in [4.78, 5) is 37.1. The van der Waals surface area contributed by atoms with Crippen molar-refractivity contribution in [3.8, 4) is 5.75 Å². The van der Waals surface area contributed by atoms with Crippen molar-refractivity contribution in [2.24, 2.45) is 0 Å². The number of carbonyl (C=O) groups is 2. The van der Waals surface area contributed by atoms with Crippen molar-refractivity contribution in [3.05, 3.63) is 75.2 Å². The molecule has 31 heavy (non-hydrogen) atoms. The molecule has 3 aromatic rings. The van der Waals surface area contributed by atoms with Crippen molar-refractivity contribution < 1.29 is 23.8 Å². The van der Waals surface area contributed by atoms with Crippen LogP contribution in [-0.2, 0) is 11.3 Å². The summed E-state index contributed by atoms with van der Waals surface area (Å²) in [5.41, 5.74) is 2.36. The molecule has 0 radical (unpaired) electrons. The van der Waals surface area contributed by atoms with Crippen LogP contribution in [0.4, 0.5) is 17.1 Å². The number of anilines is 2. The number of nitro benzene ring substituents is 1. The number of rotatable bonds is 5. The lowest BCUT2D eigenvalue weighted by Gasteiger charge is -2.29. The van der Waals surface area contributed by atoms with Crippen LogP contribution >= 0.6 is 0 Å². The van der Waals surface area contributed by atoms with E-state index >= 15 is 0 Å². The molecule has 0 saturated heterocycles. The van der Waals surface area contributed by atoms with Gasteiger partial charge in [-0.15, -0.1) is 0 Å². The summed E-state index contributed by atoms with van der Waals surface area (Å²) in [6.45, 7) is 3.72. The molecule has 1 N–H and O–H groups in total. The van der Waals surface area contributed by atoms with E-state index in [1.54, 1.807) is 36.9 Å². The second-order valence-corrected chi connectivity index (χ2v) is 7.02. The first-order chi connectivity index (χ1) is 14.8. The number of carbonyl (C=O) groups excluding carboxylic acids is 2. The van der Waals surface area contributed by atoms with E-state index in [-0.39, 0.29) is 30.3 Å². The fourth-order valence-electron chi connectivity index (χ4n) is 3.30. The highest BCUT2D eigenvalue weighted by Gasteiger charge is 2.28. The highest BCUT2D eigenvalue weighted by molar-refractivity contribution is 6.05. The summed E-state index contributed by atoms with van der Waals surface area (Å²) >= 11 is 0. The molecule has 1 aliphatic rings. The zero-order valence-electron chi connectivity index (χ0n) is 16.7. The number of non-ortho nitro benzene ring substituents is 1. The Hall–Kier alpha value is -4.21. The van der Waals surface area contributed by atoms with Gasteiger partial charge in [-0.25, -0.2) is 0 Å². The summed E-state index contributed by atoms with van der Waals surface area (Å²) in [5.74, 6) is 0.367. The molecule has 2 heterocycles. The van der Waals surface area contributed by atoms with E-state index < -0.39 is 10.8 Å². The molecule has 1 aliphatic heterocycles. The van der Waals surface area contributed by atoms with Crippen molar-refractivity contribution in [2.45, 2.75) is 20.4 Å². The van der Waals surface area contributed by atoms with Gasteiger partial charge in [0, 0.05) is 28.9 Å². The van der Waals surface area contributed by atoms with Crippen LogP contribution in [0.5, 0.6) is 5.75 Å². The minimum atomic E-state index is -0.564. The number of nitro groups is 1. The van der Waals surface area contributed by atoms with Gasteiger partial charge in [-0.2, -0.15) is 0 Å². The Bertz CT molecular complexity index is 1180. The van der Waals surface area contributed by atoms with E-state index in [4.69, 9.17) is 9.26 Å². The SMILES string of the molecule is Cc1noc(C)c1CN1C(=O)COc2ccc(NC(=O)c3cccc([N+](=O)[O-])c3)cc21. The van der Waals surface area contributed by atoms with Crippen LogP contribution < -0.4 is 15.0 Å². The Morgan fingerprint density at radius 2 is 2.06 bits per heavy atom. The molecule has 0 spiro atoms. The van der Waals surface area contributed by atoms with E-state index in [1.165, 1.54) is 24.3 Å². The molecule has 0 unspecified atom stereocenters. The molecule has 2 aromatic carbocycles. The van der Waals surface area contributed by atoms with Crippen molar-refractivity contribution in [3.63, 3.8) is 0 Å². The second kappa shape index (κ2) is 7.90.